The lowest BCUT2D eigenvalue weighted by molar-refractivity contribution is -0.141. The fourth-order valence-electron chi connectivity index (χ4n) is 3.85. The maximum atomic E-state index is 12.9. The van der Waals surface area contributed by atoms with E-state index in [0.29, 0.717) is 32.5 Å². The zero-order valence-electron chi connectivity index (χ0n) is 15.8. The van der Waals surface area contributed by atoms with Gasteiger partial charge in [0, 0.05) is 31.4 Å². The number of hydrogen-bond donors (Lipinski definition) is 4. The van der Waals surface area contributed by atoms with Gasteiger partial charge >= 0.3 is 5.97 Å². The number of nitrogens with one attached hydrogen (secondary N) is 1. The van der Waals surface area contributed by atoms with Crippen LogP contribution < -0.4 is 5.73 Å². The number of hydrogen-bond acceptors (Lipinski definition) is 5. The summed E-state index contributed by atoms with van der Waals surface area (Å²) in [6, 6.07) is 9.81. The topological polar surface area (TPSA) is 133 Å². The number of nitrogens with zero attached hydrogens (tertiary/aromatic N) is 2. The van der Waals surface area contributed by atoms with Crippen molar-refractivity contribution < 1.29 is 19.4 Å². The molecule has 0 amide bonds. The molecule has 1 fully saturated rings. The van der Waals surface area contributed by atoms with Gasteiger partial charge in [-0.15, -0.1) is 0 Å². The van der Waals surface area contributed by atoms with E-state index in [4.69, 9.17) is 5.73 Å². The van der Waals surface area contributed by atoms with Crippen molar-refractivity contribution in [3.05, 3.63) is 42.2 Å². The number of carboxylic acid groups (broad SMARTS) is 1. The van der Waals surface area contributed by atoms with Gasteiger partial charge in [-0.1, -0.05) is 36.8 Å². The van der Waals surface area contributed by atoms with E-state index in [9.17, 15) is 19.4 Å². The summed E-state index contributed by atoms with van der Waals surface area (Å²) in [6.07, 6.45) is 3.01. The second kappa shape index (κ2) is 8.57. The highest BCUT2D eigenvalue weighted by molar-refractivity contribution is 7.61. The van der Waals surface area contributed by atoms with Crippen LogP contribution >= 0.6 is 7.37 Å². The second-order valence-corrected chi connectivity index (χ2v) is 10.1. The first kappa shape index (κ1) is 20.7. The molecule has 9 heteroatoms. The average molecular weight is 406 g/mol. The molecule has 1 aliphatic heterocycles. The summed E-state index contributed by atoms with van der Waals surface area (Å²) in [5.41, 5.74) is 8.35. The van der Waals surface area contributed by atoms with Crippen molar-refractivity contribution >= 4 is 13.3 Å². The number of H-pyrrole nitrogens is 1. The fraction of sp³-hybridized carbons (Fsp3) is 0.474. The minimum atomic E-state index is -3.83. The van der Waals surface area contributed by atoms with Crippen molar-refractivity contribution in [2.45, 2.75) is 31.0 Å². The third kappa shape index (κ3) is 4.05. The number of rotatable bonds is 8. The van der Waals surface area contributed by atoms with E-state index < -0.39 is 18.5 Å². The third-order valence-electron chi connectivity index (χ3n) is 5.50. The molecule has 1 aromatic heterocycles. The average Bonchev–Trinajstić information content (AvgIpc) is 3.13. The van der Waals surface area contributed by atoms with Crippen LogP contribution in [0, 0.1) is 0 Å². The maximum Gasteiger partial charge on any atom is 0.320 e. The van der Waals surface area contributed by atoms with E-state index >= 15 is 0 Å². The Morgan fingerprint density at radius 3 is 2.75 bits per heavy atom. The van der Waals surface area contributed by atoms with Crippen LogP contribution in [-0.4, -0.2) is 62.0 Å². The number of aromatic nitrogens is 2. The Morgan fingerprint density at radius 2 is 2.07 bits per heavy atom. The first-order chi connectivity index (χ1) is 13.4. The monoisotopic (exact) mass is 406 g/mol. The minimum absolute atomic E-state index is 0.0310. The van der Waals surface area contributed by atoms with E-state index in [1.54, 1.807) is 6.20 Å². The van der Waals surface area contributed by atoms with Gasteiger partial charge in [-0.3, -0.25) is 19.4 Å². The van der Waals surface area contributed by atoms with Crippen LogP contribution in [0.15, 0.2) is 36.5 Å². The molecule has 28 heavy (non-hydrogen) atoms. The Labute approximate surface area is 164 Å². The predicted molar refractivity (Wildman–Crippen MR) is 107 cm³/mol. The number of carbonyl (C=O) groups is 1. The summed E-state index contributed by atoms with van der Waals surface area (Å²) < 4.78 is 12.9. The molecular formula is C19H27N4O4P. The van der Waals surface area contributed by atoms with Crippen LogP contribution in [0.4, 0.5) is 0 Å². The molecule has 2 unspecified atom stereocenters. The van der Waals surface area contributed by atoms with Crippen molar-refractivity contribution in [3.8, 4) is 11.1 Å². The van der Waals surface area contributed by atoms with Crippen LogP contribution in [-0.2, 0) is 15.9 Å². The number of unbranched alkanes of at least 4 members (excludes halogenated alkanes) is 1. The molecule has 1 aromatic carbocycles. The Balaban J connectivity index is 1.82. The van der Waals surface area contributed by atoms with Gasteiger partial charge in [-0.2, -0.15) is 5.10 Å². The van der Waals surface area contributed by atoms with Crippen molar-refractivity contribution in [1.29, 1.82) is 0 Å². The van der Waals surface area contributed by atoms with Crippen LogP contribution in [0.3, 0.4) is 0 Å². The molecule has 0 saturated carbocycles. The normalized spacial score (nSPS) is 25.6. The van der Waals surface area contributed by atoms with Gasteiger partial charge in [0.05, 0.1) is 11.9 Å². The van der Waals surface area contributed by atoms with Gasteiger partial charge in [-0.05, 0) is 24.9 Å². The van der Waals surface area contributed by atoms with Gasteiger partial charge in [0.25, 0.3) is 0 Å². The van der Waals surface area contributed by atoms with Gasteiger partial charge in [0.15, 0.2) is 5.16 Å². The van der Waals surface area contributed by atoms with Crippen LogP contribution in [0.1, 0.15) is 25.0 Å². The quantitative estimate of drug-likeness (QED) is 0.390. The lowest BCUT2D eigenvalue weighted by Crippen LogP contribution is -2.54. The van der Waals surface area contributed by atoms with Crippen molar-refractivity contribution in [2.75, 3.05) is 25.8 Å². The standard InChI is InChI=1S/C19H27N4O4P/c20-9-5-4-8-19(18(24)25)14-23(10-11-28(19,26)27)13-17-16(12-21-22-17)15-6-2-1-3-7-15/h1-3,6-7,12H,4-5,8-11,13-14,20H2,(H,21,22)(H,24,25)(H,26,27). The zero-order chi connectivity index (χ0) is 20.2. The zero-order valence-corrected chi connectivity index (χ0v) is 16.6. The molecule has 3 rings (SSSR count). The summed E-state index contributed by atoms with van der Waals surface area (Å²) in [4.78, 5) is 24.6. The maximum absolute atomic E-state index is 12.9. The lowest BCUT2D eigenvalue weighted by Gasteiger charge is -2.42. The second-order valence-electron chi connectivity index (χ2n) is 7.35. The van der Waals surface area contributed by atoms with Gasteiger partial charge in [0.2, 0.25) is 7.37 Å². The molecule has 152 valence electrons. The Bertz CT molecular complexity index is 857. The highest BCUT2D eigenvalue weighted by Crippen LogP contribution is 2.59. The molecule has 1 aliphatic rings. The van der Waals surface area contributed by atoms with Gasteiger partial charge in [0.1, 0.15) is 0 Å². The number of aromatic amines is 1. The Kier molecular flexibility index (Phi) is 6.35. The third-order valence-corrected chi connectivity index (χ3v) is 8.20. The van der Waals surface area contributed by atoms with Crippen molar-refractivity contribution in [2.24, 2.45) is 5.73 Å². The molecule has 0 bridgehead atoms. The first-order valence-corrected chi connectivity index (χ1v) is 11.3. The summed E-state index contributed by atoms with van der Waals surface area (Å²) in [7, 11) is -3.83. The fourth-order valence-corrected chi connectivity index (χ4v) is 6.06. The predicted octanol–water partition coefficient (Wildman–Crippen LogP) is 2.12. The largest absolute Gasteiger partial charge is 0.480 e. The first-order valence-electron chi connectivity index (χ1n) is 9.45. The molecule has 1 saturated heterocycles. The van der Waals surface area contributed by atoms with Gasteiger partial charge in [-0.25, -0.2) is 0 Å². The number of carboxylic acids is 1. The number of nitrogens with two attached hydrogens (primary N) is 1. The van der Waals surface area contributed by atoms with Crippen LogP contribution in [0.25, 0.3) is 11.1 Å². The molecule has 0 spiro atoms. The molecule has 5 N–H and O–H groups in total. The highest BCUT2D eigenvalue weighted by Gasteiger charge is 2.56. The SMILES string of the molecule is NCCCCC1(C(=O)O)CN(Cc2[nH]ncc2-c2ccccc2)CCP1(=O)O. The molecule has 0 radical (unpaired) electrons. The van der Waals surface area contributed by atoms with Crippen molar-refractivity contribution in [3.63, 3.8) is 0 Å². The minimum Gasteiger partial charge on any atom is -0.480 e. The smallest absolute Gasteiger partial charge is 0.320 e. The summed E-state index contributed by atoms with van der Waals surface area (Å²) in [5.74, 6) is -1.20. The highest BCUT2D eigenvalue weighted by atomic mass is 31.2. The molecular weight excluding hydrogens is 379 g/mol. The summed E-state index contributed by atoms with van der Waals surface area (Å²) in [6.45, 7) is 1.28. The van der Waals surface area contributed by atoms with E-state index in [-0.39, 0.29) is 19.1 Å². The van der Waals surface area contributed by atoms with Crippen LogP contribution in [0.5, 0.6) is 0 Å². The number of benzene rings is 1. The molecule has 0 aliphatic carbocycles. The summed E-state index contributed by atoms with van der Waals surface area (Å²) in [5, 5.41) is 15.4. The Hall–Kier alpha value is -1.99. The van der Waals surface area contributed by atoms with Gasteiger partial charge < -0.3 is 15.7 Å². The molecule has 2 aromatic rings. The molecule has 8 nitrogen and oxygen atoms in total. The van der Waals surface area contributed by atoms with E-state index in [2.05, 4.69) is 10.2 Å². The molecule has 2 atom stereocenters. The lowest BCUT2D eigenvalue weighted by atomic mass is 9.99. The van der Waals surface area contributed by atoms with Crippen molar-refractivity contribution in [1.82, 2.24) is 15.1 Å². The molecule has 2 heterocycles. The van der Waals surface area contributed by atoms with E-state index in [1.807, 2.05) is 35.2 Å². The number of aliphatic carboxylic acids is 1. The Morgan fingerprint density at radius 1 is 1.32 bits per heavy atom. The summed E-state index contributed by atoms with van der Waals surface area (Å²) >= 11 is 0. The van der Waals surface area contributed by atoms with E-state index in [0.717, 1.165) is 16.8 Å². The van der Waals surface area contributed by atoms with Crippen LogP contribution in [0.2, 0.25) is 0 Å². The van der Waals surface area contributed by atoms with E-state index in [1.165, 1.54) is 0 Å².